The number of pyridine rings is 2. The lowest BCUT2D eigenvalue weighted by Gasteiger charge is -2.08. The van der Waals surface area contributed by atoms with Gasteiger partial charge in [-0.2, -0.15) is 0 Å². The normalized spacial score (nSPS) is 10.9. The van der Waals surface area contributed by atoms with E-state index in [-0.39, 0.29) is 11.0 Å². The Hall–Kier alpha value is -4.23. The van der Waals surface area contributed by atoms with Crippen molar-refractivity contribution >= 4 is 21.7 Å². The van der Waals surface area contributed by atoms with Crippen molar-refractivity contribution in [3.8, 4) is 34.9 Å². The zero-order chi connectivity index (χ0) is 19.8. The number of nitrogens with zero attached hydrogens (tertiary/aromatic N) is 2. The lowest BCUT2D eigenvalue weighted by molar-refractivity contribution is 0.614. The highest BCUT2D eigenvalue weighted by molar-refractivity contribution is 5.88. The summed E-state index contributed by atoms with van der Waals surface area (Å²) in [7, 11) is 0. The molecular formula is C25H14N2O2. The van der Waals surface area contributed by atoms with Crippen LogP contribution in [0.4, 0.5) is 0 Å². The van der Waals surface area contributed by atoms with Gasteiger partial charge < -0.3 is 4.42 Å². The summed E-state index contributed by atoms with van der Waals surface area (Å²) in [6, 6.07) is 19.0. The minimum atomic E-state index is -0.236. The van der Waals surface area contributed by atoms with Crippen molar-refractivity contribution in [3.63, 3.8) is 0 Å². The van der Waals surface area contributed by atoms with E-state index >= 15 is 0 Å². The van der Waals surface area contributed by atoms with Crippen molar-refractivity contribution in [2.75, 3.05) is 0 Å². The van der Waals surface area contributed by atoms with Crippen LogP contribution < -0.4 is 5.43 Å². The number of hydrogen-bond acceptors (Lipinski definition) is 4. The quantitative estimate of drug-likeness (QED) is 0.406. The highest BCUT2D eigenvalue weighted by Crippen LogP contribution is 2.29. The van der Waals surface area contributed by atoms with Gasteiger partial charge in [-0.25, -0.2) is 0 Å². The van der Waals surface area contributed by atoms with E-state index in [0.717, 1.165) is 21.9 Å². The van der Waals surface area contributed by atoms with Gasteiger partial charge in [-0.3, -0.25) is 14.8 Å². The molecule has 136 valence electrons. The van der Waals surface area contributed by atoms with Crippen LogP contribution in [0.3, 0.4) is 0 Å². The van der Waals surface area contributed by atoms with Gasteiger partial charge in [-0.15, -0.1) is 6.42 Å². The Balaban J connectivity index is 1.77. The van der Waals surface area contributed by atoms with E-state index in [9.17, 15) is 4.79 Å². The zero-order valence-electron chi connectivity index (χ0n) is 15.3. The third-order valence-corrected chi connectivity index (χ3v) is 4.91. The molecule has 0 saturated heterocycles. The lowest BCUT2D eigenvalue weighted by Crippen LogP contribution is -2.08. The van der Waals surface area contributed by atoms with Gasteiger partial charge in [0.1, 0.15) is 16.8 Å². The summed E-state index contributed by atoms with van der Waals surface area (Å²) in [4.78, 5) is 21.5. The van der Waals surface area contributed by atoms with Gasteiger partial charge in [0.15, 0.2) is 5.76 Å². The van der Waals surface area contributed by atoms with Crippen LogP contribution >= 0.6 is 0 Å². The number of benzene rings is 2. The van der Waals surface area contributed by atoms with Crippen LogP contribution in [-0.2, 0) is 0 Å². The van der Waals surface area contributed by atoms with Crippen molar-refractivity contribution in [3.05, 3.63) is 95.0 Å². The lowest BCUT2D eigenvalue weighted by atomic mass is 10.0. The monoisotopic (exact) mass is 374 g/mol. The Labute approximate surface area is 166 Å². The molecule has 3 heterocycles. The Kier molecular flexibility index (Phi) is 3.93. The molecule has 0 fully saturated rings. The van der Waals surface area contributed by atoms with E-state index in [4.69, 9.17) is 10.8 Å². The van der Waals surface area contributed by atoms with Crippen molar-refractivity contribution in [2.24, 2.45) is 0 Å². The van der Waals surface area contributed by atoms with Gasteiger partial charge in [0.2, 0.25) is 5.43 Å². The fourth-order valence-electron chi connectivity index (χ4n) is 3.44. The predicted octanol–water partition coefficient (Wildman–Crippen LogP) is 5.05. The average Bonchev–Trinajstić information content (AvgIpc) is 2.79. The predicted molar refractivity (Wildman–Crippen MR) is 114 cm³/mol. The molecule has 4 heteroatoms. The number of terminal acetylenes is 1. The summed E-state index contributed by atoms with van der Waals surface area (Å²) >= 11 is 0. The highest BCUT2D eigenvalue weighted by Gasteiger charge is 2.16. The van der Waals surface area contributed by atoms with E-state index in [0.29, 0.717) is 22.4 Å². The number of rotatable bonds is 2. The summed E-state index contributed by atoms with van der Waals surface area (Å²) in [5.41, 5.74) is 2.85. The minimum absolute atomic E-state index is 0.178. The Morgan fingerprint density at radius 3 is 2.48 bits per heavy atom. The molecule has 0 N–H and O–H groups in total. The summed E-state index contributed by atoms with van der Waals surface area (Å²) in [5.74, 6) is 2.80. The van der Waals surface area contributed by atoms with Crippen molar-refractivity contribution in [1.82, 2.24) is 9.97 Å². The Bertz CT molecular complexity index is 1480. The first-order chi connectivity index (χ1) is 14.2. The minimum Gasteiger partial charge on any atom is -0.453 e. The summed E-state index contributed by atoms with van der Waals surface area (Å²) in [6.07, 6.45) is 10.9. The maximum absolute atomic E-state index is 13.0. The maximum atomic E-state index is 13.0. The van der Waals surface area contributed by atoms with Crippen molar-refractivity contribution in [2.45, 2.75) is 0 Å². The largest absolute Gasteiger partial charge is 0.453 e. The molecule has 3 aromatic heterocycles. The number of hydrogen-bond donors (Lipinski definition) is 0. The number of fused-ring (bicyclic) bond motifs is 2. The standard InChI is InChI=1S/C25H14N2O2/c1-2-20-24(28)21-8-7-18(16-9-11-26-12-10-16)14-23(21)29-25(20)22-13-17-5-3-4-6-19(17)15-27-22/h1,3-15H. The van der Waals surface area contributed by atoms with Crippen LogP contribution in [0.5, 0.6) is 0 Å². The van der Waals surface area contributed by atoms with Crippen LogP contribution in [-0.4, -0.2) is 9.97 Å². The second-order valence-electron chi connectivity index (χ2n) is 6.64. The molecular weight excluding hydrogens is 360 g/mol. The van der Waals surface area contributed by atoms with E-state index in [1.54, 1.807) is 24.7 Å². The van der Waals surface area contributed by atoms with E-state index in [1.807, 2.05) is 54.6 Å². The third-order valence-electron chi connectivity index (χ3n) is 4.91. The van der Waals surface area contributed by atoms with Gasteiger partial charge in [0.05, 0.1) is 5.39 Å². The molecule has 5 aromatic rings. The molecule has 0 spiro atoms. The first kappa shape index (κ1) is 16.9. The van der Waals surface area contributed by atoms with Crippen molar-refractivity contribution in [1.29, 1.82) is 0 Å². The molecule has 29 heavy (non-hydrogen) atoms. The van der Waals surface area contributed by atoms with Crippen molar-refractivity contribution < 1.29 is 4.42 Å². The number of aromatic nitrogens is 2. The highest BCUT2D eigenvalue weighted by atomic mass is 16.3. The second-order valence-corrected chi connectivity index (χ2v) is 6.64. The van der Waals surface area contributed by atoms with Gasteiger partial charge in [-0.05, 0) is 46.8 Å². The Morgan fingerprint density at radius 1 is 0.897 bits per heavy atom. The molecule has 0 saturated carbocycles. The molecule has 0 atom stereocenters. The van der Waals surface area contributed by atoms with E-state index < -0.39 is 0 Å². The summed E-state index contributed by atoms with van der Waals surface area (Å²) in [6.45, 7) is 0. The molecule has 0 amide bonds. The van der Waals surface area contributed by atoms with Crippen LogP contribution in [0, 0.1) is 12.3 Å². The molecule has 0 aliphatic rings. The third kappa shape index (κ3) is 2.86. The van der Waals surface area contributed by atoms with Crippen LogP contribution in [0.25, 0.3) is 44.3 Å². The fourth-order valence-corrected chi connectivity index (χ4v) is 3.44. The SMILES string of the molecule is C#Cc1c(-c2cc3ccccc3cn2)oc2cc(-c3ccncc3)ccc2c1=O. The molecule has 5 rings (SSSR count). The summed E-state index contributed by atoms with van der Waals surface area (Å²) < 4.78 is 6.14. The zero-order valence-corrected chi connectivity index (χ0v) is 15.3. The smallest absolute Gasteiger partial charge is 0.209 e. The first-order valence-corrected chi connectivity index (χ1v) is 9.07. The molecule has 0 aliphatic carbocycles. The van der Waals surface area contributed by atoms with Gasteiger partial charge in [0.25, 0.3) is 0 Å². The van der Waals surface area contributed by atoms with E-state index in [1.165, 1.54) is 0 Å². The van der Waals surface area contributed by atoms with Crippen LogP contribution in [0.2, 0.25) is 0 Å². The first-order valence-electron chi connectivity index (χ1n) is 9.07. The molecule has 2 aromatic carbocycles. The van der Waals surface area contributed by atoms with Gasteiger partial charge in [0, 0.05) is 24.0 Å². The topological polar surface area (TPSA) is 56.0 Å². The molecule has 0 unspecified atom stereocenters. The van der Waals surface area contributed by atoms with E-state index in [2.05, 4.69) is 15.9 Å². The molecule has 4 nitrogen and oxygen atoms in total. The summed E-state index contributed by atoms with van der Waals surface area (Å²) in [5, 5.41) is 2.44. The molecule has 0 aliphatic heterocycles. The average molecular weight is 374 g/mol. The van der Waals surface area contributed by atoms with Crippen LogP contribution in [0.1, 0.15) is 5.56 Å². The second kappa shape index (κ2) is 6.74. The molecule has 0 bridgehead atoms. The fraction of sp³-hybridized carbons (Fsp3) is 0. The Morgan fingerprint density at radius 2 is 1.69 bits per heavy atom. The van der Waals surface area contributed by atoms with Crippen LogP contribution in [0.15, 0.2) is 88.5 Å². The van der Waals surface area contributed by atoms with Gasteiger partial charge >= 0.3 is 0 Å². The maximum Gasteiger partial charge on any atom is 0.209 e. The molecule has 0 radical (unpaired) electrons. The van der Waals surface area contributed by atoms with Gasteiger partial charge in [-0.1, -0.05) is 36.3 Å².